The molecule has 1 fully saturated rings. The molecule has 0 N–H and O–H groups in total. The van der Waals surface area contributed by atoms with Gasteiger partial charge in [-0.2, -0.15) is 0 Å². The Bertz CT molecular complexity index is 308. The van der Waals surface area contributed by atoms with Gasteiger partial charge in [0.25, 0.3) is 0 Å². The van der Waals surface area contributed by atoms with Gasteiger partial charge in [-0.15, -0.1) is 0 Å². The summed E-state index contributed by atoms with van der Waals surface area (Å²) >= 11 is 0. The minimum atomic E-state index is -1.26. The standard InChI is InChI=1S/C16H39N3Si2/c1-10-15(3)18-13-12-17(11-2)16(18)14-19(20(4,5)6)21(7,8)9/h15-16H,10-14H2,1-9H3. The number of nitrogens with zero attached hydrogens (tertiary/aromatic N) is 3. The van der Waals surface area contributed by atoms with Crippen LogP contribution in [0.15, 0.2) is 0 Å². The van der Waals surface area contributed by atoms with E-state index in [1.807, 2.05) is 0 Å². The summed E-state index contributed by atoms with van der Waals surface area (Å²) < 4.78 is 2.95. The van der Waals surface area contributed by atoms with Crippen LogP contribution in [0.1, 0.15) is 27.2 Å². The van der Waals surface area contributed by atoms with Gasteiger partial charge in [-0.1, -0.05) is 53.1 Å². The Morgan fingerprint density at radius 3 is 1.90 bits per heavy atom. The van der Waals surface area contributed by atoms with Crippen LogP contribution in [0.5, 0.6) is 0 Å². The highest BCUT2D eigenvalue weighted by Gasteiger charge is 2.40. The molecule has 0 spiro atoms. The molecule has 1 heterocycles. The molecule has 2 unspecified atom stereocenters. The fraction of sp³-hybridized carbons (Fsp3) is 1.00. The summed E-state index contributed by atoms with van der Waals surface area (Å²) in [5.41, 5.74) is 0. The van der Waals surface area contributed by atoms with E-state index in [0.717, 1.165) is 0 Å². The second-order valence-corrected chi connectivity index (χ2v) is 18.8. The first-order valence-electron chi connectivity index (χ1n) is 8.79. The first-order chi connectivity index (χ1) is 9.52. The molecule has 126 valence electrons. The monoisotopic (exact) mass is 329 g/mol. The first-order valence-corrected chi connectivity index (χ1v) is 15.7. The quantitative estimate of drug-likeness (QED) is 0.659. The Balaban J connectivity index is 2.97. The van der Waals surface area contributed by atoms with Gasteiger partial charge in [0, 0.05) is 25.7 Å². The normalized spacial score (nSPS) is 24.0. The molecule has 5 heteroatoms. The second-order valence-electron chi connectivity index (χ2n) is 8.56. The fourth-order valence-electron chi connectivity index (χ4n) is 3.81. The minimum absolute atomic E-state index is 0.628. The van der Waals surface area contributed by atoms with Crippen LogP contribution in [0.2, 0.25) is 39.3 Å². The number of hydrogen-bond acceptors (Lipinski definition) is 3. The van der Waals surface area contributed by atoms with Crippen LogP contribution in [-0.4, -0.2) is 68.9 Å². The van der Waals surface area contributed by atoms with Gasteiger partial charge in [0.1, 0.15) is 16.5 Å². The molecule has 0 saturated carbocycles. The van der Waals surface area contributed by atoms with Crippen LogP contribution in [0.3, 0.4) is 0 Å². The predicted molar refractivity (Wildman–Crippen MR) is 101 cm³/mol. The van der Waals surface area contributed by atoms with Crippen molar-refractivity contribution in [2.75, 3.05) is 26.2 Å². The molecular weight excluding hydrogens is 290 g/mol. The van der Waals surface area contributed by atoms with E-state index in [-0.39, 0.29) is 0 Å². The van der Waals surface area contributed by atoms with Crippen molar-refractivity contribution >= 4 is 16.5 Å². The highest BCUT2D eigenvalue weighted by molar-refractivity contribution is 6.89. The predicted octanol–water partition coefficient (Wildman–Crippen LogP) is 3.72. The zero-order chi connectivity index (χ0) is 16.4. The largest absolute Gasteiger partial charge is 0.343 e. The van der Waals surface area contributed by atoms with Crippen molar-refractivity contribution in [2.45, 2.75) is 78.7 Å². The number of likely N-dealkylation sites (N-methyl/N-ethyl adjacent to an activating group) is 1. The SMILES string of the molecule is CCC(C)N1CCN(CC)C1CN([Si](C)(C)C)[Si](C)(C)C. The summed E-state index contributed by atoms with van der Waals surface area (Å²) in [4.78, 5) is 5.45. The Hall–Kier alpha value is 0.314. The van der Waals surface area contributed by atoms with Crippen molar-refractivity contribution in [2.24, 2.45) is 0 Å². The summed E-state index contributed by atoms with van der Waals surface area (Å²) in [6.45, 7) is 27.1. The van der Waals surface area contributed by atoms with E-state index >= 15 is 0 Å². The van der Waals surface area contributed by atoms with Crippen LogP contribution in [0, 0.1) is 0 Å². The maximum absolute atomic E-state index is 2.95. The van der Waals surface area contributed by atoms with Gasteiger partial charge in [0.2, 0.25) is 0 Å². The summed E-state index contributed by atoms with van der Waals surface area (Å²) in [6, 6.07) is 0.705. The third kappa shape index (κ3) is 4.89. The van der Waals surface area contributed by atoms with Gasteiger partial charge < -0.3 is 4.23 Å². The fourth-order valence-corrected chi connectivity index (χ4v) is 13.3. The second kappa shape index (κ2) is 7.26. The van der Waals surface area contributed by atoms with Gasteiger partial charge in [-0.25, -0.2) is 0 Å². The Morgan fingerprint density at radius 2 is 1.52 bits per heavy atom. The average Bonchev–Trinajstić information content (AvgIpc) is 2.74. The van der Waals surface area contributed by atoms with Crippen molar-refractivity contribution in [3.63, 3.8) is 0 Å². The molecule has 3 nitrogen and oxygen atoms in total. The highest BCUT2D eigenvalue weighted by atomic mass is 28.4. The lowest BCUT2D eigenvalue weighted by atomic mass is 10.2. The van der Waals surface area contributed by atoms with Crippen LogP contribution < -0.4 is 0 Å². The molecular formula is C16H39N3Si2. The molecule has 0 aromatic rings. The maximum atomic E-state index is 2.95. The topological polar surface area (TPSA) is 9.72 Å². The first kappa shape index (κ1) is 19.4. The molecule has 21 heavy (non-hydrogen) atoms. The molecule has 1 aliphatic heterocycles. The Kier molecular flexibility index (Phi) is 6.69. The third-order valence-electron chi connectivity index (χ3n) is 4.98. The van der Waals surface area contributed by atoms with Gasteiger partial charge in [0.15, 0.2) is 0 Å². The zero-order valence-corrected chi connectivity index (χ0v) is 18.0. The molecule has 2 atom stereocenters. The van der Waals surface area contributed by atoms with E-state index in [2.05, 4.69) is 74.1 Å². The van der Waals surface area contributed by atoms with Gasteiger partial charge in [-0.05, 0) is 19.9 Å². The summed E-state index contributed by atoms with van der Waals surface area (Å²) in [7, 11) is -2.53. The third-order valence-corrected chi connectivity index (χ3v) is 12.6. The lowest BCUT2D eigenvalue weighted by Gasteiger charge is -2.47. The molecule has 0 bridgehead atoms. The molecule has 0 aliphatic carbocycles. The van der Waals surface area contributed by atoms with Crippen LogP contribution >= 0.6 is 0 Å². The van der Waals surface area contributed by atoms with Crippen molar-refractivity contribution in [1.82, 2.24) is 14.0 Å². The average molecular weight is 330 g/mol. The van der Waals surface area contributed by atoms with Gasteiger partial charge >= 0.3 is 0 Å². The van der Waals surface area contributed by atoms with Crippen molar-refractivity contribution in [3.05, 3.63) is 0 Å². The molecule has 1 rings (SSSR count). The molecule has 0 aromatic carbocycles. The minimum Gasteiger partial charge on any atom is -0.343 e. The Morgan fingerprint density at radius 1 is 1.00 bits per heavy atom. The molecule has 0 amide bonds. The van der Waals surface area contributed by atoms with E-state index in [0.29, 0.717) is 12.2 Å². The van der Waals surface area contributed by atoms with E-state index in [1.54, 1.807) is 0 Å². The van der Waals surface area contributed by atoms with Crippen LogP contribution in [0.25, 0.3) is 0 Å². The van der Waals surface area contributed by atoms with Crippen LogP contribution in [0.4, 0.5) is 0 Å². The van der Waals surface area contributed by atoms with E-state index in [4.69, 9.17) is 0 Å². The highest BCUT2D eigenvalue weighted by Crippen LogP contribution is 2.26. The lowest BCUT2D eigenvalue weighted by molar-refractivity contribution is 0.0962. The van der Waals surface area contributed by atoms with E-state index < -0.39 is 16.5 Å². The number of rotatable bonds is 7. The maximum Gasteiger partial charge on any atom is 0.112 e. The van der Waals surface area contributed by atoms with Crippen molar-refractivity contribution in [3.8, 4) is 0 Å². The van der Waals surface area contributed by atoms with E-state index in [1.165, 1.54) is 32.6 Å². The van der Waals surface area contributed by atoms with Gasteiger partial charge in [-0.3, -0.25) is 9.80 Å². The van der Waals surface area contributed by atoms with Crippen molar-refractivity contribution in [1.29, 1.82) is 0 Å². The smallest absolute Gasteiger partial charge is 0.112 e. The van der Waals surface area contributed by atoms with E-state index in [9.17, 15) is 0 Å². The Labute approximate surface area is 135 Å². The zero-order valence-electron chi connectivity index (χ0n) is 16.0. The lowest BCUT2D eigenvalue weighted by Crippen LogP contribution is -2.64. The summed E-state index contributed by atoms with van der Waals surface area (Å²) in [5.74, 6) is 0. The molecule has 1 saturated heterocycles. The van der Waals surface area contributed by atoms with Gasteiger partial charge in [0.05, 0.1) is 6.17 Å². The van der Waals surface area contributed by atoms with Crippen LogP contribution in [-0.2, 0) is 0 Å². The summed E-state index contributed by atoms with van der Waals surface area (Å²) in [6.07, 6.45) is 1.89. The molecule has 0 aromatic heterocycles. The molecule has 0 radical (unpaired) electrons. The molecule has 1 aliphatic rings. The van der Waals surface area contributed by atoms with Crippen molar-refractivity contribution < 1.29 is 0 Å². The summed E-state index contributed by atoms with van der Waals surface area (Å²) in [5, 5.41) is 0. The number of hydrogen-bond donors (Lipinski definition) is 0.